The van der Waals surface area contributed by atoms with E-state index >= 15 is 0 Å². The lowest BCUT2D eigenvalue weighted by Crippen LogP contribution is -2.22. The molecule has 2 atom stereocenters. The summed E-state index contributed by atoms with van der Waals surface area (Å²) < 4.78 is 0. The van der Waals surface area contributed by atoms with Crippen LogP contribution in [0, 0.1) is 12.8 Å². The molecule has 1 amide bonds. The fourth-order valence-electron chi connectivity index (χ4n) is 2.43. The zero-order chi connectivity index (χ0) is 17.7. The maximum absolute atomic E-state index is 12.3. The number of hydrogen-bond donors (Lipinski definition) is 2. The third-order valence-corrected chi connectivity index (χ3v) is 4.16. The zero-order valence-corrected chi connectivity index (χ0v) is 14.2. The van der Waals surface area contributed by atoms with E-state index in [2.05, 4.69) is 5.32 Å². The van der Waals surface area contributed by atoms with E-state index in [9.17, 15) is 9.59 Å². The minimum Gasteiger partial charge on any atom is -0.481 e. The number of nitrogens with one attached hydrogen (secondary N) is 1. The fraction of sp³-hybridized carbons (Fsp3) is 0.300. The van der Waals surface area contributed by atoms with E-state index in [4.69, 9.17) is 5.11 Å². The number of carbonyl (C=O) groups is 2. The van der Waals surface area contributed by atoms with Gasteiger partial charge < -0.3 is 10.4 Å². The van der Waals surface area contributed by atoms with Gasteiger partial charge in [-0.1, -0.05) is 48.9 Å². The molecule has 0 aliphatic carbocycles. The van der Waals surface area contributed by atoms with Crippen LogP contribution in [-0.2, 0) is 16.0 Å². The van der Waals surface area contributed by atoms with Crippen LogP contribution < -0.4 is 5.32 Å². The normalized spacial score (nSPS) is 13.1. The highest BCUT2D eigenvalue weighted by Gasteiger charge is 2.15. The van der Waals surface area contributed by atoms with Crippen molar-refractivity contribution >= 4 is 17.6 Å². The van der Waals surface area contributed by atoms with Crippen molar-refractivity contribution in [3.05, 3.63) is 65.2 Å². The van der Waals surface area contributed by atoms with Gasteiger partial charge in [0.05, 0.1) is 5.92 Å². The van der Waals surface area contributed by atoms with Crippen molar-refractivity contribution in [2.75, 3.05) is 5.32 Å². The lowest BCUT2D eigenvalue weighted by atomic mass is 9.99. The highest BCUT2D eigenvalue weighted by Crippen LogP contribution is 2.19. The minimum atomic E-state index is -0.862. The van der Waals surface area contributed by atoms with E-state index in [1.807, 2.05) is 38.1 Å². The first-order chi connectivity index (χ1) is 11.4. The summed E-state index contributed by atoms with van der Waals surface area (Å²) >= 11 is 0. The van der Waals surface area contributed by atoms with Crippen LogP contribution in [0.4, 0.5) is 5.69 Å². The van der Waals surface area contributed by atoms with Crippen LogP contribution in [0.25, 0.3) is 0 Å². The van der Waals surface area contributed by atoms with Crippen molar-refractivity contribution in [3.8, 4) is 0 Å². The van der Waals surface area contributed by atoms with Crippen molar-refractivity contribution in [1.29, 1.82) is 0 Å². The highest BCUT2D eigenvalue weighted by atomic mass is 16.4. The summed E-state index contributed by atoms with van der Waals surface area (Å²) in [6.45, 7) is 5.57. The molecular weight excluding hydrogens is 302 g/mol. The first-order valence-electron chi connectivity index (χ1n) is 8.06. The van der Waals surface area contributed by atoms with E-state index in [0.29, 0.717) is 17.7 Å². The Kier molecular flexibility index (Phi) is 5.74. The van der Waals surface area contributed by atoms with Crippen molar-refractivity contribution < 1.29 is 14.7 Å². The van der Waals surface area contributed by atoms with Gasteiger partial charge in [-0.15, -0.1) is 0 Å². The molecule has 0 aliphatic rings. The van der Waals surface area contributed by atoms with Crippen LogP contribution in [-0.4, -0.2) is 17.0 Å². The Morgan fingerprint density at radius 3 is 2.12 bits per heavy atom. The lowest BCUT2D eigenvalue weighted by molar-refractivity contribution is -0.138. The molecule has 0 heterocycles. The van der Waals surface area contributed by atoms with Crippen molar-refractivity contribution in [2.45, 2.75) is 33.1 Å². The molecule has 2 N–H and O–H groups in total. The lowest BCUT2D eigenvalue weighted by Gasteiger charge is -2.13. The van der Waals surface area contributed by atoms with E-state index in [0.717, 1.165) is 5.56 Å². The number of aryl methyl sites for hydroxylation is 1. The summed E-state index contributed by atoms with van der Waals surface area (Å²) in [5, 5.41) is 11.9. The third kappa shape index (κ3) is 4.69. The number of carbonyl (C=O) groups excluding carboxylic acids is 1. The van der Waals surface area contributed by atoms with Gasteiger partial charge in [0, 0.05) is 11.6 Å². The minimum absolute atomic E-state index is 0.0467. The van der Waals surface area contributed by atoms with Crippen LogP contribution >= 0.6 is 0 Å². The van der Waals surface area contributed by atoms with Crippen molar-refractivity contribution in [2.24, 2.45) is 5.92 Å². The molecule has 2 aromatic carbocycles. The number of aliphatic carboxylic acids is 1. The Morgan fingerprint density at radius 2 is 1.58 bits per heavy atom. The van der Waals surface area contributed by atoms with Gasteiger partial charge >= 0.3 is 5.97 Å². The number of anilines is 1. The second-order valence-electron chi connectivity index (χ2n) is 6.26. The summed E-state index contributed by atoms with van der Waals surface area (Å²) in [5.74, 6) is -1.62. The molecule has 126 valence electrons. The maximum atomic E-state index is 12.3. The van der Waals surface area contributed by atoms with Crippen molar-refractivity contribution in [1.82, 2.24) is 0 Å². The maximum Gasteiger partial charge on any atom is 0.310 e. The van der Waals surface area contributed by atoms with Crippen LogP contribution in [0.3, 0.4) is 0 Å². The molecule has 4 nitrogen and oxygen atoms in total. The van der Waals surface area contributed by atoms with E-state index < -0.39 is 11.9 Å². The molecule has 4 heteroatoms. The standard InChI is InChI=1S/C20H23NO3/c1-13-4-6-16(7-5-13)12-14(2)19(22)21-18-10-8-17(9-11-18)15(3)20(23)24/h4-11,14-15H,12H2,1-3H3,(H,21,22)(H,23,24). The number of amides is 1. The first kappa shape index (κ1) is 17.7. The Bertz CT molecular complexity index is 705. The van der Waals surface area contributed by atoms with Gasteiger partial charge in [0.1, 0.15) is 0 Å². The molecule has 0 radical (unpaired) electrons. The Balaban J connectivity index is 1.95. The molecule has 24 heavy (non-hydrogen) atoms. The summed E-state index contributed by atoms with van der Waals surface area (Å²) in [6.07, 6.45) is 0.681. The number of carboxylic acids is 1. The van der Waals surface area contributed by atoms with Crippen LogP contribution in [0.2, 0.25) is 0 Å². The SMILES string of the molecule is Cc1ccc(CC(C)C(=O)Nc2ccc(C(C)C(=O)O)cc2)cc1. The number of benzene rings is 2. The molecule has 0 spiro atoms. The Labute approximate surface area is 142 Å². The predicted molar refractivity (Wildman–Crippen MR) is 95.2 cm³/mol. The smallest absolute Gasteiger partial charge is 0.310 e. The van der Waals surface area contributed by atoms with Gasteiger partial charge in [0.15, 0.2) is 0 Å². The summed E-state index contributed by atoms with van der Waals surface area (Å²) in [4.78, 5) is 23.3. The van der Waals surface area contributed by atoms with Gasteiger partial charge in [0.25, 0.3) is 0 Å². The van der Waals surface area contributed by atoms with Gasteiger partial charge in [-0.25, -0.2) is 0 Å². The number of rotatable bonds is 6. The number of carboxylic acid groups (broad SMARTS) is 1. The Morgan fingerprint density at radius 1 is 1.00 bits per heavy atom. The van der Waals surface area contributed by atoms with Crippen LogP contribution in [0.1, 0.15) is 36.5 Å². The molecule has 0 fully saturated rings. The largest absolute Gasteiger partial charge is 0.481 e. The second-order valence-corrected chi connectivity index (χ2v) is 6.26. The van der Waals surface area contributed by atoms with Crippen LogP contribution in [0.15, 0.2) is 48.5 Å². The molecular formula is C20H23NO3. The topological polar surface area (TPSA) is 66.4 Å². The quantitative estimate of drug-likeness (QED) is 0.843. The highest BCUT2D eigenvalue weighted by molar-refractivity contribution is 5.92. The summed E-state index contributed by atoms with van der Waals surface area (Å²) in [5.41, 5.74) is 3.73. The molecule has 0 bridgehead atoms. The predicted octanol–water partition coefficient (Wildman–Crippen LogP) is 4.00. The average molecular weight is 325 g/mol. The first-order valence-corrected chi connectivity index (χ1v) is 8.06. The molecule has 2 aromatic rings. The monoisotopic (exact) mass is 325 g/mol. The fourth-order valence-corrected chi connectivity index (χ4v) is 2.43. The average Bonchev–Trinajstić information content (AvgIpc) is 2.56. The van der Waals surface area contributed by atoms with Crippen LogP contribution in [0.5, 0.6) is 0 Å². The van der Waals surface area contributed by atoms with Gasteiger partial charge in [-0.2, -0.15) is 0 Å². The van der Waals surface area contributed by atoms with E-state index in [1.54, 1.807) is 31.2 Å². The van der Waals surface area contributed by atoms with Crippen molar-refractivity contribution in [3.63, 3.8) is 0 Å². The molecule has 0 saturated heterocycles. The third-order valence-electron chi connectivity index (χ3n) is 4.16. The molecule has 0 aromatic heterocycles. The Hall–Kier alpha value is -2.62. The van der Waals surface area contributed by atoms with E-state index in [-0.39, 0.29) is 11.8 Å². The summed E-state index contributed by atoms with van der Waals surface area (Å²) in [6, 6.07) is 15.1. The van der Waals surface area contributed by atoms with Gasteiger partial charge in [0.2, 0.25) is 5.91 Å². The zero-order valence-electron chi connectivity index (χ0n) is 14.2. The van der Waals surface area contributed by atoms with Gasteiger partial charge in [-0.05, 0) is 43.5 Å². The number of hydrogen-bond acceptors (Lipinski definition) is 2. The van der Waals surface area contributed by atoms with Gasteiger partial charge in [-0.3, -0.25) is 9.59 Å². The second kappa shape index (κ2) is 7.77. The molecule has 2 unspecified atom stereocenters. The molecule has 0 aliphatic heterocycles. The molecule has 2 rings (SSSR count). The summed E-state index contributed by atoms with van der Waals surface area (Å²) in [7, 11) is 0. The molecule has 0 saturated carbocycles. The van der Waals surface area contributed by atoms with E-state index in [1.165, 1.54) is 5.56 Å².